The zero-order valence-corrected chi connectivity index (χ0v) is 14.0. The summed E-state index contributed by atoms with van der Waals surface area (Å²) in [6.07, 6.45) is 7.34. The summed E-state index contributed by atoms with van der Waals surface area (Å²) in [5.41, 5.74) is -0.109. The summed E-state index contributed by atoms with van der Waals surface area (Å²) in [6, 6.07) is 0. The summed E-state index contributed by atoms with van der Waals surface area (Å²) in [5.74, 6) is 2.55. The molecule has 0 saturated heterocycles. The van der Waals surface area contributed by atoms with Crippen molar-refractivity contribution < 1.29 is 4.79 Å². The molecule has 0 aromatic carbocycles. The van der Waals surface area contributed by atoms with Crippen LogP contribution < -0.4 is 10.6 Å². The van der Waals surface area contributed by atoms with Gasteiger partial charge in [0.15, 0.2) is 5.11 Å². The number of carbonyl (C=O) groups is 1. The highest BCUT2D eigenvalue weighted by molar-refractivity contribution is 7.80. The summed E-state index contributed by atoms with van der Waals surface area (Å²) >= 11 is 5.28. The number of rotatable bonds is 4. The molecular formula is C16H27N3OS. The molecule has 4 fully saturated rings. The van der Waals surface area contributed by atoms with E-state index >= 15 is 0 Å². The minimum Gasteiger partial charge on any atom is -0.361 e. The Morgan fingerprint density at radius 2 is 1.67 bits per heavy atom. The second-order valence-corrected chi connectivity index (χ2v) is 8.12. The number of amides is 1. The highest BCUT2D eigenvalue weighted by Gasteiger charge is 2.54. The highest BCUT2D eigenvalue weighted by atomic mass is 32.1. The van der Waals surface area contributed by atoms with Gasteiger partial charge in [0.2, 0.25) is 5.91 Å². The normalized spacial score (nSPS) is 36.8. The summed E-state index contributed by atoms with van der Waals surface area (Å²) in [5, 5.41) is 6.61. The Balaban J connectivity index is 1.54. The van der Waals surface area contributed by atoms with Crippen LogP contribution >= 0.6 is 12.2 Å². The molecule has 4 aliphatic carbocycles. The Morgan fingerprint density at radius 3 is 2.14 bits per heavy atom. The fraction of sp³-hybridized carbons (Fsp3) is 0.875. The average molecular weight is 309 g/mol. The molecule has 2 N–H and O–H groups in total. The van der Waals surface area contributed by atoms with Crippen LogP contribution in [0.5, 0.6) is 0 Å². The van der Waals surface area contributed by atoms with Gasteiger partial charge in [-0.05, 0) is 82.6 Å². The average Bonchev–Trinajstić information content (AvgIpc) is 2.36. The first kappa shape index (κ1) is 15.2. The van der Waals surface area contributed by atoms with Gasteiger partial charge in [-0.2, -0.15) is 0 Å². The van der Waals surface area contributed by atoms with Gasteiger partial charge in [0.1, 0.15) is 0 Å². The van der Waals surface area contributed by atoms with Gasteiger partial charge < -0.3 is 15.5 Å². The molecule has 4 nitrogen and oxygen atoms in total. The Morgan fingerprint density at radius 1 is 1.14 bits per heavy atom. The standard InChI is InChI=1S/C16H27N3OS/c1-19(2)4-3-17-15(21)18-14(20)16-8-11-5-12(9-16)7-13(6-11)10-16/h11-13H,3-10H2,1-2H3,(H2,17,18,20,21). The minimum atomic E-state index is -0.109. The zero-order valence-electron chi connectivity index (χ0n) is 13.2. The number of carbonyl (C=O) groups excluding carboxylic acids is 1. The molecule has 0 unspecified atom stereocenters. The van der Waals surface area contributed by atoms with Crippen LogP contribution in [-0.2, 0) is 4.79 Å². The van der Waals surface area contributed by atoms with Crippen molar-refractivity contribution in [2.45, 2.75) is 38.5 Å². The third-order valence-electron chi connectivity index (χ3n) is 5.59. The van der Waals surface area contributed by atoms with Crippen LogP contribution in [0.25, 0.3) is 0 Å². The number of nitrogens with one attached hydrogen (secondary N) is 2. The predicted molar refractivity (Wildman–Crippen MR) is 87.9 cm³/mol. The lowest BCUT2D eigenvalue weighted by molar-refractivity contribution is -0.144. The Bertz CT molecular complexity index is 400. The molecule has 21 heavy (non-hydrogen) atoms. The fourth-order valence-corrected chi connectivity index (χ4v) is 5.26. The van der Waals surface area contributed by atoms with E-state index in [2.05, 4.69) is 15.5 Å². The maximum absolute atomic E-state index is 12.8. The van der Waals surface area contributed by atoms with Crippen molar-refractivity contribution in [1.82, 2.24) is 15.5 Å². The first-order valence-corrected chi connectivity index (χ1v) is 8.62. The first-order valence-electron chi connectivity index (χ1n) is 8.21. The van der Waals surface area contributed by atoms with Crippen molar-refractivity contribution in [3.8, 4) is 0 Å². The van der Waals surface area contributed by atoms with E-state index in [1.165, 1.54) is 19.3 Å². The van der Waals surface area contributed by atoms with E-state index in [1.807, 2.05) is 14.1 Å². The molecule has 0 spiro atoms. The lowest BCUT2D eigenvalue weighted by Crippen LogP contribution is -2.56. The van der Waals surface area contributed by atoms with Crippen molar-refractivity contribution in [3.63, 3.8) is 0 Å². The summed E-state index contributed by atoms with van der Waals surface area (Å²) < 4.78 is 0. The van der Waals surface area contributed by atoms with Crippen LogP contribution in [-0.4, -0.2) is 43.1 Å². The van der Waals surface area contributed by atoms with Crippen LogP contribution in [0.1, 0.15) is 38.5 Å². The molecular weight excluding hydrogens is 282 g/mol. The van der Waals surface area contributed by atoms with E-state index in [4.69, 9.17) is 12.2 Å². The minimum absolute atomic E-state index is 0.109. The third kappa shape index (κ3) is 3.24. The van der Waals surface area contributed by atoms with Crippen molar-refractivity contribution in [1.29, 1.82) is 0 Å². The van der Waals surface area contributed by atoms with Crippen LogP contribution in [0, 0.1) is 23.2 Å². The van der Waals surface area contributed by atoms with Crippen LogP contribution in [0.4, 0.5) is 0 Å². The van der Waals surface area contributed by atoms with E-state index in [-0.39, 0.29) is 11.3 Å². The van der Waals surface area contributed by atoms with Crippen LogP contribution in [0.15, 0.2) is 0 Å². The highest BCUT2D eigenvalue weighted by Crippen LogP contribution is 2.60. The topological polar surface area (TPSA) is 44.4 Å². The molecule has 1 amide bonds. The Labute approximate surface area is 133 Å². The van der Waals surface area contributed by atoms with E-state index in [0.29, 0.717) is 5.11 Å². The fourth-order valence-electron chi connectivity index (χ4n) is 5.06. The number of nitrogens with zero attached hydrogens (tertiary/aromatic N) is 1. The van der Waals surface area contributed by atoms with Crippen LogP contribution in [0.2, 0.25) is 0 Å². The van der Waals surface area contributed by atoms with Gasteiger partial charge in [-0.25, -0.2) is 0 Å². The number of hydrogen-bond donors (Lipinski definition) is 2. The van der Waals surface area contributed by atoms with E-state index in [1.54, 1.807) is 0 Å². The molecule has 0 heterocycles. The summed E-state index contributed by atoms with van der Waals surface area (Å²) in [4.78, 5) is 14.8. The maximum atomic E-state index is 12.8. The van der Waals surface area contributed by atoms with Crippen molar-refractivity contribution in [2.75, 3.05) is 27.2 Å². The predicted octanol–water partition coefficient (Wildman–Crippen LogP) is 1.76. The van der Waals surface area contributed by atoms with Gasteiger partial charge in [-0.1, -0.05) is 0 Å². The van der Waals surface area contributed by atoms with Crippen molar-refractivity contribution in [2.24, 2.45) is 23.2 Å². The van der Waals surface area contributed by atoms with Crippen molar-refractivity contribution >= 4 is 23.2 Å². The van der Waals surface area contributed by atoms with Gasteiger partial charge in [-0.3, -0.25) is 4.79 Å². The summed E-state index contributed by atoms with van der Waals surface area (Å²) in [7, 11) is 4.05. The molecule has 5 heteroatoms. The molecule has 0 aliphatic heterocycles. The molecule has 4 saturated carbocycles. The summed E-state index contributed by atoms with van der Waals surface area (Å²) in [6.45, 7) is 1.68. The second-order valence-electron chi connectivity index (χ2n) is 7.71. The SMILES string of the molecule is CN(C)CCNC(=S)NC(=O)C12CC3CC(CC(C3)C1)C2. The number of hydrogen-bond acceptors (Lipinski definition) is 3. The lowest BCUT2D eigenvalue weighted by Gasteiger charge is -2.55. The lowest BCUT2D eigenvalue weighted by atomic mass is 9.49. The maximum Gasteiger partial charge on any atom is 0.232 e. The van der Waals surface area contributed by atoms with Gasteiger partial charge in [-0.15, -0.1) is 0 Å². The second kappa shape index (κ2) is 5.84. The molecule has 0 aromatic heterocycles. The van der Waals surface area contributed by atoms with Gasteiger partial charge in [0.25, 0.3) is 0 Å². The Hall–Kier alpha value is -0.680. The zero-order chi connectivity index (χ0) is 15.0. The van der Waals surface area contributed by atoms with Gasteiger partial charge in [0.05, 0.1) is 5.41 Å². The monoisotopic (exact) mass is 309 g/mol. The van der Waals surface area contributed by atoms with E-state index in [0.717, 1.165) is 50.1 Å². The number of likely N-dealkylation sites (N-methyl/N-ethyl adjacent to an activating group) is 1. The van der Waals surface area contributed by atoms with Gasteiger partial charge >= 0.3 is 0 Å². The smallest absolute Gasteiger partial charge is 0.232 e. The van der Waals surface area contributed by atoms with E-state index in [9.17, 15) is 4.79 Å². The van der Waals surface area contributed by atoms with Crippen molar-refractivity contribution in [3.05, 3.63) is 0 Å². The molecule has 4 bridgehead atoms. The molecule has 0 atom stereocenters. The molecule has 118 valence electrons. The van der Waals surface area contributed by atoms with Crippen LogP contribution in [0.3, 0.4) is 0 Å². The third-order valence-corrected chi connectivity index (χ3v) is 5.84. The first-order chi connectivity index (χ1) is 9.97. The number of thiocarbonyl (C=S) groups is 1. The van der Waals surface area contributed by atoms with Gasteiger partial charge in [0, 0.05) is 13.1 Å². The molecule has 4 aliphatic rings. The molecule has 4 rings (SSSR count). The van der Waals surface area contributed by atoms with E-state index < -0.39 is 0 Å². The quantitative estimate of drug-likeness (QED) is 0.777. The molecule has 0 aromatic rings. The Kier molecular flexibility index (Phi) is 4.23. The largest absolute Gasteiger partial charge is 0.361 e. The molecule has 0 radical (unpaired) electrons.